The lowest BCUT2D eigenvalue weighted by Gasteiger charge is -2.32. The first kappa shape index (κ1) is 23.3. The van der Waals surface area contributed by atoms with E-state index in [1.165, 1.54) is 6.07 Å². The molecule has 0 saturated carbocycles. The number of hydrogen-bond acceptors (Lipinski definition) is 6. The molecule has 8 nitrogen and oxygen atoms in total. The number of nitrogens with one attached hydrogen (secondary N) is 1. The summed E-state index contributed by atoms with van der Waals surface area (Å²) in [7, 11) is -3.95. The van der Waals surface area contributed by atoms with E-state index in [4.69, 9.17) is 4.74 Å². The summed E-state index contributed by atoms with van der Waals surface area (Å²) in [6.07, 6.45) is 2.06. The Morgan fingerprint density at radius 3 is 2.43 bits per heavy atom. The van der Waals surface area contributed by atoms with Crippen molar-refractivity contribution in [1.82, 2.24) is 14.9 Å². The summed E-state index contributed by atoms with van der Waals surface area (Å²) in [5.74, 6) is 0.342. The lowest BCUT2D eigenvalue weighted by Crippen LogP contribution is -2.42. The Labute approximate surface area is 205 Å². The maximum atomic E-state index is 13.2. The standard InChI is InChI=1S/C26H28N4O4S/c1-17-5-3-6-18(2)25(17)22-16-23-28-26(27-22)29-35(32,33)21-8-4-7-19(15-21)9-10-24(31)30-13-11-20(34-23)12-14-30/h3-8,15-16,20H,9-14H2,1-2H3,(H,27,28,29). The van der Waals surface area contributed by atoms with Crippen molar-refractivity contribution in [2.75, 3.05) is 17.8 Å². The largest absolute Gasteiger partial charge is 0.474 e. The molecule has 1 saturated heterocycles. The highest BCUT2D eigenvalue weighted by Gasteiger charge is 2.26. The van der Waals surface area contributed by atoms with E-state index in [2.05, 4.69) is 14.7 Å². The number of sulfonamides is 1. The van der Waals surface area contributed by atoms with Crippen LogP contribution in [-0.4, -0.2) is 48.4 Å². The maximum Gasteiger partial charge on any atom is 0.264 e. The molecule has 1 aromatic heterocycles. The van der Waals surface area contributed by atoms with E-state index >= 15 is 0 Å². The number of aryl methyl sites for hydroxylation is 3. The van der Waals surface area contributed by atoms with Gasteiger partial charge in [-0.25, -0.2) is 18.1 Å². The number of amides is 1. The van der Waals surface area contributed by atoms with Gasteiger partial charge in [-0.05, 0) is 49.1 Å². The summed E-state index contributed by atoms with van der Waals surface area (Å²) in [4.78, 5) is 23.7. The number of rotatable bonds is 1. The number of nitrogens with zero attached hydrogens (tertiary/aromatic N) is 3. The molecule has 6 rings (SSSR count). The Morgan fingerprint density at radius 2 is 1.69 bits per heavy atom. The summed E-state index contributed by atoms with van der Waals surface area (Å²) in [5.41, 5.74) is 4.33. The first-order valence-electron chi connectivity index (χ1n) is 11.8. The number of fused-ring (bicyclic) bond motifs is 5. The molecule has 9 heteroatoms. The SMILES string of the molecule is Cc1cccc(C)c1-c1cc2nc(n1)NS(=O)(=O)c1cccc(c1)CCC(=O)N1CCC(CC1)O2. The van der Waals surface area contributed by atoms with Gasteiger partial charge in [0, 0.05) is 44.0 Å². The molecule has 1 N–H and O–H groups in total. The molecule has 3 aromatic rings. The van der Waals surface area contributed by atoms with E-state index in [0.29, 0.717) is 50.3 Å². The van der Waals surface area contributed by atoms with E-state index in [-0.39, 0.29) is 22.9 Å². The fourth-order valence-corrected chi connectivity index (χ4v) is 5.74. The van der Waals surface area contributed by atoms with Gasteiger partial charge >= 0.3 is 0 Å². The molecule has 0 aliphatic carbocycles. The molecule has 3 aliphatic rings. The number of ether oxygens (including phenoxy) is 1. The van der Waals surface area contributed by atoms with Crippen molar-refractivity contribution >= 4 is 21.9 Å². The fourth-order valence-electron chi connectivity index (χ4n) is 4.73. The summed E-state index contributed by atoms with van der Waals surface area (Å²) in [6, 6.07) is 14.4. The lowest BCUT2D eigenvalue weighted by molar-refractivity contribution is -0.132. The summed E-state index contributed by atoms with van der Waals surface area (Å²) >= 11 is 0. The third kappa shape index (κ3) is 5.00. The minimum absolute atomic E-state index is 0.0368. The molecule has 0 spiro atoms. The number of carbonyl (C=O) groups excluding carboxylic acids is 1. The first-order chi connectivity index (χ1) is 16.8. The zero-order valence-electron chi connectivity index (χ0n) is 19.8. The van der Waals surface area contributed by atoms with Gasteiger partial charge in [0.1, 0.15) is 6.10 Å². The van der Waals surface area contributed by atoms with Crippen molar-refractivity contribution < 1.29 is 17.9 Å². The van der Waals surface area contributed by atoms with Crippen LogP contribution >= 0.6 is 0 Å². The second-order valence-electron chi connectivity index (χ2n) is 9.13. The Kier molecular flexibility index (Phi) is 6.19. The van der Waals surface area contributed by atoms with Crippen LogP contribution in [0.5, 0.6) is 5.88 Å². The predicted octanol–water partition coefficient (Wildman–Crippen LogP) is 3.88. The average Bonchev–Trinajstić information content (AvgIpc) is 2.82. The number of carbonyl (C=O) groups is 1. The smallest absolute Gasteiger partial charge is 0.264 e. The third-order valence-electron chi connectivity index (χ3n) is 6.58. The van der Waals surface area contributed by atoms with E-state index in [1.807, 2.05) is 43.0 Å². The number of benzene rings is 2. The van der Waals surface area contributed by atoms with Crippen molar-refractivity contribution in [3.63, 3.8) is 0 Å². The summed E-state index contributed by atoms with van der Waals surface area (Å²) in [5, 5.41) is 0. The molecule has 2 aromatic carbocycles. The van der Waals surface area contributed by atoms with Gasteiger partial charge in [0.15, 0.2) is 0 Å². The molecule has 35 heavy (non-hydrogen) atoms. The Morgan fingerprint density at radius 1 is 0.971 bits per heavy atom. The van der Waals surface area contributed by atoms with Crippen molar-refractivity contribution in [2.45, 2.75) is 50.5 Å². The Hall–Kier alpha value is -3.46. The van der Waals surface area contributed by atoms with Crippen LogP contribution < -0.4 is 9.46 Å². The van der Waals surface area contributed by atoms with Crippen LogP contribution in [0, 0.1) is 13.8 Å². The zero-order valence-corrected chi connectivity index (χ0v) is 20.6. The van der Waals surface area contributed by atoms with Crippen molar-refractivity contribution in [3.8, 4) is 17.1 Å². The second-order valence-corrected chi connectivity index (χ2v) is 10.8. The highest BCUT2D eigenvalue weighted by molar-refractivity contribution is 7.92. The zero-order chi connectivity index (χ0) is 24.6. The van der Waals surface area contributed by atoms with Crippen molar-refractivity contribution in [3.05, 3.63) is 65.2 Å². The molecule has 0 atom stereocenters. The molecular formula is C26H28N4O4S. The van der Waals surface area contributed by atoms with Gasteiger partial charge in [-0.1, -0.05) is 30.3 Å². The van der Waals surface area contributed by atoms with E-state index in [9.17, 15) is 13.2 Å². The van der Waals surface area contributed by atoms with Gasteiger partial charge in [0.05, 0.1) is 10.6 Å². The highest BCUT2D eigenvalue weighted by atomic mass is 32.2. The van der Waals surface area contributed by atoms with Gasteiger partial charge in [-0.3, -0.25) is 4.79 Å². The minimum atomic E-state index is -3.95. The quantitative estimate of drug-likeness (QED) is 0.553. The van der Waals surface area contributed by atoms with Crippen LogP contribution in [0.2, 0.25) is 0 Å². The number of hydrogen-bond donors (Lipinski definition) is 1. The van der Waals surface area contributed by atoms with Gasteiger partial charge < -0.3 is 9.64 Å². The number of aromatic nitrogens is 2. The van der Waals surface area contributed by atoms with Crippen molar-refractivity contribution in [2.24, 2.45) is 0 Å². The molecule has 0 radical (unpaired) electrons. The van der Waals surface area contributed by atoms with Gasteiger partial charge in [0.2, 0.25) is 17.7 Å². The monoisotopic (exact) mass is 492 g/mol. The molecule has 182 valence electrons. The molecule has 4 heterocycles. The minimum Gasteiger partial charge on any atom is -0.474 e. The van der Waals surface area contributed by atoms with E-state index < -0.39 is 10.0 Å². The molecule has 3 aliphatic heterocycles. The molecular weight excluding hydrogens is 464 g/mol. The van der Waals surface area contributed by atoms with Gasteiger partial charge in [0.25, 0.3) is 10.0 Å². The summed E-state index contributed by atoms with van der Waals surface area (Å²) in [6.45, 7) is 5.23. The van der Waals surface area contributed by atoms with Crippen LogP contribution in [0.4, 0.5) is 5.95 Å². The molecule has 0 unspecified atom stereocenters. The highest BCUT2D eigenvalue weighted by Crippen LogP contribution is 2.30. The van der Waals surface area contributed by atoms with Crippen LogP contribution in [0.3, 0.4) is 0 Å². The second kappa shape index (κ2) is 9.30. The molecule has 1 fully saturated rings. The fraction of sp³-hybridized carbons (Fsp3) is 0.346. The van der Waals surface area contributed by atoms with Crippen molar-refractivity contribution in [1.29, 1.82) is 0 Å². The summed E-state index contributed by atoms with van der Waals surface area (Å²) < 4.78 is 35.2. The Balaban J connectivity index is 1.61. The normalized spacial score (nSPS) is 18.1. The Bertz CT molecular complexity index is 1360. The maximum absolute atomic E-state index is 13.2. The third-order valence-corrected chi connectivity index (χ3v) is 7.91. The van der Waals surface area contributed by atoms with Gasteiger partial charge in [-0.2, -0.15) is 4.98 Å². The number of piperidine rings is 1. The average molecular weight is 493 g/mol. The predicted molar refractivity (Wildman–Crippen MR) is 133 cm³/mol. The van der Waals surface area contributed by atoms with Crippen LogP contribution in [0.25, 0.3) is 11.3 Å². The molecule has 1 amide bonds. The van der Waals surface area contributed by atoms with Crippen LogP contribution in [0.1, 0.15) is 36.0 Å². The van der Waals surface area contributed by atoms with Gasteiger partial charge in [-0.15, -0.1) is 0 Å². The van der Waals surface area contributed by atoms with Crippen LogP contribution in [0.15, 0.2) is 53.4 Å². The number of anilines is 1. The van der Waals surface area contributed by atoms with E-state index in [1.54, 1.807) is 18.2 Å². The lowest BCUT2D eigenvalue weighted by atomic mass is 10.00. The first-order valence-corrected chi connectivity index (χ1v) is 13.3. The van der Waals surface area contributed by atoms with Crippen LogP contribution in [-0.2, 0) is 21.2 Å². The van der Waals surface area contributed by atoms with E-state index in [0.717, 1.165) is 22.3 Å². The topological polar surface area (TPSA) is 101 Å². The molecule has 6 bridgehead atoms.